The fourth-order valence-corrected chi connectivity index (χ4v) is 3.14. The van der Waals surface area contributed by atoms with Crippen LogP contribution in [0, 0.1) is 6.92 Å². The number of fused-ring (bicyclic) bond motifs is 1. The van der Waals surface area contributed by atoms with Crippen molar-refractivity contribution in [1.29, 1.82) is 0 Å². The number of carbonyl (C=O) groups is 4. The first kappa shape index (κ1) is 14.6. The molecule has 2 amide bonds. The summed E-state index contributed by atoms with van der Waals surface area (Å²) in [4.78, 5) is 50.1. The predicted octanol–water partition coefficient (Wildman–Crippen LogP) is 2.06. The van der Waals surface area contributed by atoms with Crippen molar-refractivity contribution in [3.63, 3.8) is 0 Å². The van der Waals surface area contributed by atoms with Crippen LogP contribution in [0.15, 0.2) is 18.2 Å². The van der Waals surface area contributed by atoms with E-state index in [1.807, 2.05) is 6.92 Å². The Morgan fingerprint density at radius 1 is 0.955 bits per heavy atom. The molecule has 1 aromatic carbocycles. The van der Waals surface area contributed by atoms with Gasteiger partial charge in [0.2, 0.25) is 0 Å². The third kappa shape index (κ3) is 2.36. The lowest BCUT2D eigenvalue weighted by Crippen LogP contribution is -2.45. The molecule has 1 aliphatic carbocycles. The van der Waals surface area contributed by atoms with E-state index in [4.69, 9.17) is 0 Å². The molecular weight excluding hydrogens is 282 g/mol. The van der Waals surface area contributed by atoms with Gasteiger partial charge < -0.3 is 0 Å². The molecule has 1 aromatic rings. The Labute approximate surface area is 128 Å². The van der Waals surface area contributed by atoms with E-state index in [-0.39, 0.29) is 30.8 Å². The molecule has 5 nitrogen and oxygen atoms in total. The van der Waals surface area contributed by atoms with Crippen LogP contribution < -0.4 is 0 Å². The quantitative estimate of drug-likeness (QED) is 0.744. The molecule has 1 heterocycles. The standard InChI is InChI=1S/C17H17NO4/c1-10-5-7-12-13(9-10)17(22)18(16(12)21)14-8-6-11(19)3-2-4-15(14)20/h5,7,9,14H,2-4,6,8H2,1H3. The van der Waals surface area contributed by atoms with Crippen LogP contribution in [0.2, 0.25) is 0 Å². The van der Waals surface area contributed by atoms with Gasteiger partial charge in [0.05, 0.1) is 17.2 Å². The lowest BCUT2D eigenvalue weighted by molar-refractivity contribution is -0.125. The molecule has 1 fully saturated rings. The average Bonchev–Trinajstić information content (AvgIpc) is 2.70. The molecule has 5 heteroatoms. The maximum atomic E-state index is 12.6. The molecule has 1 atom stereocenters. The van der Waals surface area contributed by atoms with Crippen LogP contribution in [0.1, 0.15) is 58.4 Å². The van der Waals surface area contributed by atoms with Crippen molar-refractivity contribution in [3.8, 4) is 0 Å². The Hall–Kier alpha value is -2.30. The molecule has 0 N–H and O–H groups in total. The fraction of sp³-hybridized carbons (Fsp3) is 0.412. The molecule has 114 valence electrons. The van der Waals surface area contributed by atoms with E-state index in [0.29, 0.717) is 24.0 Å². The number of imide groups is 1. The Kier molecular flexibility index (Phi) is 3.64. The summed E-state index contributed by atoms with van der Waals surface area (Å²) in [5, 5.41) is 0. The molecule has 1 aliphatic heterocycles. The molecule has 2 aliphatic rings. The van der Waals surface area contributed by atoms with E-state index in [2.05, 4.69) is 0 Å². The Balaban J connectivity index is 1.94. The van der Waals surface area contributed by atoms with Crippen LogP contribution in [0.4, 0.5) is 0 Å². The first-order valence-corrected chi connectivity index (χ1v) is 7.52. The van der Waals surface area contributed by atoms with Gasteiger partial charge in [-0.15, -0.1) is 0 Å². The highest BCUT2D eigenvalue weighted by molar-refractivity contribution is 6.23. The van der Waals surface area contributed by atoms with Gasteiger partial charge in [-0.25, -0.2) is 0 Å². The summed E-state index contributed by atoms with van der Waals surface area (Å²) in [5.41, 5.74) is 1.59. The molecule has 0 bridgehead atoms. The van der Waals surface area contributed by atoms with Crippen molar-refractivity contribution in [2.24, 2.45) is 0 Å². The van der Waals surface area contributed by atoms with Gasteiger partial charge in [0.1, 0.15) is 5.78 Å². The van der Waals surface area contributed by atoms with Gasteiger partial charge in [-0.1, -0.05) is 11.6 Å². The number of hydrogen-bond acceptors (Lipinski definition) is 4. The lowest BCUT2D eigenvalue weighted by atomic mass is 9.94. The van der Waals surface area contributed by atoms with Crippen LogP contribution >= 0.6 is 0 Å². The second kappa shape index (κ2) is 5.48. The van der Waals surface area contributed by atoms with Crippen molar-refractivity contribution < 1.29 is 19.2 Å². The van der Waals surface area contributed by atoms with E-state index >= 15 is 0 Å². The third-order valence-corrected chi connectivity index (χ3v) is 4.33. The summed E-state index contributed by atoms with van der Waals surface area (Å²) < 4.78 is 0. The highest BCUT2D eigenvalue weighted by Crippen LogP contribution is 2.29. The number of hydrogen-bond donors (Lipinski definition) is 0. The van der Waals surface area contributed by atoms with Crippen molar-refractivity contribution in [3.05, 3.63) is 34.9 Å². The monoisotopic (exact) mass is 299 g/mol. The van der Waals surface area contributed by atoms with Gasteiger partial charge in [-0.2, -0.15) is 0 Å². The van der Waals surface area contributed by atoms with Crippen LogP contribution in [-0.4, -0.2) is 34.3 Å². The zero-order valence-corrected chi connectivity index (χ0v) is 12.4. The van der Waals surface area contributed by atoms with Crippen molar-refractivity contribution >= 4 is 23.4 Å². The summed E-state index contributed by atoms with van der Waals surface area (Å²) >= 11 is 0. The zero-order valence-electron chi connectivity index (χ0n) is 12.4. The highest BCUT2D eigenvalue weighted by atomic mass is 16.2. The normalized spacial score (nSPS) is 22.6. The molecule has 0 saturated heterocycles. The van der Waals surface area contributed by atoms with Crippen LogP contribution in [0.25, 0.3) is 0 Å². The van der Waals surface area contributed by atoms with Gasteiger partial charge in [-0.05, 0) is 31.9 Å². The minimum absolute atomic E-state index is 0.0879. The summed E-state index contributed by atoms with van der Waals surface area (Å²) in [6, 6.07) is 4.27. The van der Waals surface area contributed by atoms with Crippen molar-refractivity contribution in [2.75, 3.05) is 0 Å². The molecule has 1 saturated carbocycles. The number of ketones is 2. The summed E-state index contributed by atoms with van der Waals surface area (Å²) in [7, 11) is 0. The second-order valence-corrected chi connectivity index (χ2v) is 5.94. The van der Waals surface area contributed by atoms with E-state index in [1.54, 1.807) is 18.2 Å². The molecule has 0 aromatic heterocycles. The molecule has 1 unspecified atom stereocenters. The smallest absolute Gasteiger partial charge is 0.262 e. The van der Waals surface area contributed by atoms with Gasteiger partial charge >= 0.3 is 0 Å². The molecular formula is C17H17NO4. The molecule has 0 radical (unpaired) electrons. The minimum Gasteiger partial charge on any atom is -0.300 e. The number of Topliss-reactive ketones (excluding diaryl/α,β-unsaturated/α-hetero) is 2. The topological polar surface area (TPSA) is 71.5 Å². The van der Waals surface area contributed by atoms with Gasteiger partial charge in [0.25, 0.3) is 11.8 Å². The molecule has 22 heavy (non-hydrogen) atoms. The predicted molar refractivity (Wildman–Crippen MR) is 78.6 cm³/mol. The Morgan fingerprint density at radius 2 is 1.68 bits per heavy atom. The zero-order chi connectivity index (χ0) is 15.9. The SMILES string of the molecule is Cc1ccc2c(c1)C(=O)N(C1CCC(=O)CCCC1=O)C2=O. The first-order valence-electron chi connectivity index (χ1n) is 7.52. The highest BCUT2D eigenvalue weighted by Gasteiger charge is 2.42. The lowest BCUT2D eigenvalue weighted by Gasteiger charge is -2.26. The summed E-state index contributed by atoms with van der Waals surface area (Å²) in [5.74, 6) is -0.884. The van der Waals surface area contributed by atoms with Gasteiger partial charge in [0.15, 0.2) is 5.78 Å². The van der Waals surface area contributed by atoms with E-state index < -0.39 is 17.9 Å². The third-order valence-electron chi connectivity index (χ3n) is 4.33. The number of rotatable bonds is 1. The number of nitrogens with zero attached hydrogens (tertiary/aromatic N) is 1. The van der Waals surface area contributed by atoms with Crippen molar-refractivity contribution in [2.45, 2.75) is 45.1 Å². The largest absolute Gasteiger partial charge is 0.300 e. The number of amides is 2. The summed E-state index contributed by atoms with van der Waals surface area (Å²) in [6.07, 6.45) is 1.62. The van der Waals surface area contributed by atoms with E-state index in [0.717, 1.165) is 10.5 Å². The van der Waals surface area contributed by atoms with Gasteiger partial charge in [0, 0.05) is 19.3 Å². The molecule has 0 spiro atoms. The summed E-state index contributed by atoms with van der Waals surface area (Å²) in [6.45, 7) is 1.85. The van der Waals surface area contributed by atoms with Crippen LogP contribution in [-0.2, 0) is 9.59 Å². The maximum absolute atomic E-state index is 12.6. The maximum Gasteiger partial charge on any atom is 0.262 e. The minimum atomic E-state index is -0.808. The first-order chi connectivity index (χ1) is 10.5. The van der Waals surface area contributed by atoms with Gasteiger partial charge in [-0.3, -0.25) is 24.1 Å². The van der Waals surface area contributed by atoms with E-state index in [1.165, 1.54) is 0 Å². The fourth-order valence-electron chi connectivity index (χ4n) is 3.14. The van der Waals surface area contributed by atoms with Crippen molar-refractivity contribution in [1.82, 2.24) is 4.90 Å². The Bertz CT molecular complexity index is 692. The number of benzene rings is 1. The number of aryl methyl sites for hydroxylation is 1. The number of carbonyl (C=O) groups excluding carboxylic acids is 4. The average molecular weight is 299 g/mol. The second-order valence-electron chi connectivity index (χ2n) is 5.94. The molecule has 3 rings (SSSR count). The van der Waals surface area contributed by atoms with E-state index in [9.17, 15) is 19.2 Å². The van der Waals surface area contributed by atoms with Crippen LogP contribution in [0.3, 0.4) is 0 Å². The van der Waals surface area contributed by atoms with Crippen LogP contribution in [0.5, 0.6) is 0 Å². The Morgan fingerprint density at radius 3 is 2.45 bits per heavy atom.